The second-order valence-corrected chi connectivity index (χ2v) is 5.30. The summed E-state index contributed by atoms with van der Waals surface area (Å²) in [5.74, 6) is 0.173. The number of hydrogen-bond donors (Lipinski definition) is 2. The lowest BCUT2D eigenvalue weighted by atomic mass is 10.1. The number of rotatable bonds is 7. The van der Waals surface area contributed by atoms with Crippen molar-refractivity contribution in [2.75, 3.05) is 13.7 Å². The van der Waals surface area contributed by atoms with Crippen LogP contribution in [0, 0.1) is 11.3 Å². The van der Waals surface area contributed by atoms with Crippen molar-refractivity contribution < 1.29 is 19.1 Å². The summed E-state index contributed by atoms with van der Waals surface area (Å²) in [6.07, 6.45) is 0.677. The van der Waals surface area contributed by atoms with Crippen LogP contribution in [0.3, 0.4) is 0 Å². The van der Waals surface area contributed by atoms with Gasteiger partial charge in [-0.25, -0.2) is 0 Å². The average molecular weight is 353 g/mol. The van der Waals surface area contributed by atoms with Gasteiger partial charge in [0.1, 0.15) is 17.6 Å². The van der Waals surface area contributed by atoms with E-state index in [1.54, 1.807) is 31.4 Å². The van der Waals surface area contributed by atoms with Crippen molar-refractivity contribution in [1.29, 1.82) is 5.26 Å². The van der Waals surface area contributed by atoms with Crippen LogP contribution >= 0.6 is 0 Å². The van der Waals surface area contributed by atoms with Crippen LogP contribution in [0.15, 0.2) is 48.5 Å². The van der Waals surface area contributed by atoms with Crippen molar-refractivity contribution in [3.8, 4) is 17.6 Å². The quantitative estimate of drug-likeness (QED) is 0.738. The highest BCUT2D eigenvalue weighted by molar-refractivity contribution is 5.82. The average Bonchev–Trinajstić information content (AvgIpc) is 2.69. The fraction of sp³-hybridized carbons (Fsp3) is 0.211. The number of para-hydroxylation sites is 2. The lowest BCUT2D eigenvalue weighted by Crippen LogP contribution is -2.43. The molecule has 0 aliphatic heterocycles. The van der Waals surface area contributed by atoms with Crippen LogP contribution in [0.2, 0.25) is 0 Å². The van der Waals surface area contributed by atoms with Gasteiger partial charge in [0.15, 0.2) is 6.61 Å². The molecule has 0 aliphatic carbocycles. The largest absolute Gasteiger partial charge is 0.496 e. The second kappa shape index (κ2) is 9.69. The Kier molecular flexibility index (Phi) is 7.01. The summed E-state index contributed by atoms with van der Waals surface area (Å²) in [5.41, 5.74) is 5.85. The number of aryl methyl sites for hydroxylation is 1. The number of benzene rings is 2. The number of methoxy groups -OCH3 is 1. The minimum absolute atomic E-state index is 0.193. The van der Waals surface area contributed by atoms with Crippen LogP contribution < -0.4 is 20.3 Å². The van der Waals surface area contributed by atoms with Crippen molar-refractivity contribution >= 4 is 11.8 Å². The number of nitriles is 1. The van der Waals surface area contributed by atoms with Crippen LogP contribution in [-0.2, 0) is 16.0 Å². The van der Waals surface area contributed by atoms with Crippen molar-refractivity contribution in [2.24, 2.45) is 0 Å². The topological polar surface area (TPSA) is 100 Å². The van der Waals surface area contributed by atoms with E-state index in [0.717, 1.165) is 5.56 Å². The predicted octanol–water partition coefficient (Wildman–Crippen LogP) is 1.73. The summed E-state index contributed by atoms with van der Waals surface area (Å²) in [6.45, 7) is -0.314. The van der Waals surface area contributed by atoms with Gasteiger partial charge in [-0.05, 0) is 30.2 Å². The van der Waals surface area contributed by atoms with Crippen molar-refractivity contribution in [1.82, 2.24) is 10.9 Å². The highest BCUT2D eigenvalue weighted by Gasteiger charge is 2.09. The van der Waals surface area contributed by atoms with Gasteiger partial charge in [0.2, 0.25) is 5.91 Å². The van der Waals surface area contributed by atoms with Gasteiger partial charge >= 0.3 is 0 Å². The van der Waals surface area contributed by atoms with Gasteiger partial charge in [-0.15, -0.1) is 0 Å². The van der Waals surface area contributed by atoms with E-state index in [-0.39, 0.29) is 18.9 Å². The minimum Gasteiger partial charge on any atom is -0.496 e. The molecule has 2 N–H and O–H groups in total. The molecular formula is C19H19N3O4. The Bertz CT molecular complexity index is 814. The number of carbonyl (C=O) groups excluding carboxylic acids is 2. The zero-order valence-electron chi connectivity index (χ0n) is 14.3. The Labute approximate surface area is 151 Å². The summed E-state index contributed by atoms with van der Waals surface area (Å²) in [5, 5.41) is 8.95. The van der Waals surface area contributed by atoms with Crippen LogP contribution in [-0.4, -0.2) is 25.5 Å². The maximum atomic E-state index is 11.8. The number of ether oxygens (including phenoxy) is 2. The van der Waals surface area contributed by atoms with Gasteiger partial charge in [0.05, 0.1) is 12.7 Å². The van der Waals surface area contributed by atoms with E-state index in [2.05, 4.69) is 10.9 Å². The highest BCUT2D eigenvalue weighted by atomic mass is 16.5. The molecule has 26 heavy (non-hydrogen) atoms. The number of nitrogens with zero attached hydrogens (tertiary/aromatic N) is 1. The first-order valence-corrected chi connectivity index (χ1v) is 7.95. The van der Waals surface area contributed by atoms with Crippen LogP contribution in [0.5, 0.6) is 11.5 Å². The number of amides is 2. The summed E-state index contributed by atoms with van der Waals surface area (Å²) >= 11 is 0. The second-order valence-electron chi connectivity index (χ2n) is 5.30. The molecule has 0 radical (unpaired) electrons. The molecule has 0 spiro atoms. The minimum atomic E-state index is -0.525. The van der Waals surface area contributed by atoms with Gasteiger partial charge in [0.25, 0.3) is 5.91 Å². The number of nitrogens with one attached hydrogen (secondary N) is 2. The van der Waals surface area contributed by atoms with Crippen LogP contribution in [0.4, 0.5) is 0 Å². The molecule has 0 bridgehead atoms. The molecule has 0 unspecified atom stereocenters. The van der Waals surface area contributed by atoms with Gasteiger partial charge in [-0.2, -0.15) is 5.26 Å². The fourth-order valence-electron chi connectivity index (χ4n) is 2.22. The predicted molar refractivity (Wildman–Crippen MR) is 94.3 cm³/mol. The molecule has 0 fully saturated rings. The highest BCUT2D eigenvalue weighted by Crippen LogP contribution is 2.18. The Hall–Kier alpha value is -3.53. The first-order chi connectivity index (χ1) is 12.6. The number of hydrazine groups is 1. The van der Waals surface area contributed by atoms with E-state index in [9.17, 15) is 9.59 Å². The zero-order chi connectivity index (χ0) is 18.8. The van der Waals surface area contributed by atoms with Crippen molar-refractivity contribution in [3.05, 3.63) is 59.7 Å². The van der Waals surface area contributed by atoms with Crippen LogP contribution in [0.1, 0.15) is 17.5 Å². The summed E-state index contributed by atoms with van der Waals surface area (Å²) in [7, 11) is 1.57. The molecule has 0 aliphatic rings. The zero-order valence-corrected chi connectivity index (χ0v) is 14.3. The third kappa shape index (κ3) is 5.53. The molecule has 0 aromatic heterocycles. The molecule has 0 heterocycles. The Morgan fingerprint density at radius 1 is 1.00 bits per heavy atom. The Balaban J connectivity index is 1.73. The lowest BCUT2D eigenvalue weighted by molar-refractivity contribution is -0.130. The first kappa shape index (κ1) is 18.8. The normalized spacial score (nSPS) is 9.69. The molecule has 134 valence electrons. The summed E-state index contributed by atoms with van der Waals surface area (Å²) < 4.78 is 10.5. The van der Waals surface area contributed by atoms with Gasteiger partial charge in [-0.3, -0.25) is 20.4 Å². The van der Waals surface area contributed by atoms with E-state index >= 15 is 0 Å². The molecule has 0 atom stereocenters. The first-order valence-electron chi connectivity index (χ1n) is 7.95. The maximum absolute atomic E-state index is 11.8. The molecule has 7 heteroatoms. The number of carbonyl (C=O) groups is 2. The van der Waals surface area contributed by atoms with E-state index in [0.29, 0.717) is 23.5 Å². The third-order valence-corrected chi connectivity index (χ3v) is 3.52. The molecule has 2 aromatic rings. The molecular weight excluding hydrogens is 334 g/mol. The molecule has 2 rings (SSSR count). The lowest BCUT2D eigenvalue weighted by Gasteiger charge is -2.10. The SMILES string of the molecule is COc1ccccc1CCC(=O)NNC(=O)COc1ccccc1C#N. The third-order valence-electron chi connectivity index (χ3n) is 3.52. The van der Waals surface area contributed by atoms with Gasteiger partial charge < -0.3 is 9.47 Å². The molecule has 7 nitrogen and oxygen atoms in total. The van der Waals surface area contributed by atoms with E-state index in [4.69, 9.17) is 14.7 Å². The van der Waals surface area contributed by atoms with E-state index in [1.807, 2.05) is 30.3 Å². The van der Waals surface area contributed by atoms with Crippen LogP contribution in [0.25, 0.3) is 0 Å². The van der Waals surface area contributed by atoms with E-state index < -0.39 is 5.91 Å². The summed E-state index contributed by atoms with van der Waals surface area (Å²) in [4.78, 5) is 23.6. The van der Waals surface area contributed by atoms with E-state index in [1.165, 1.54) is 0 Å². The smallest absolute Gasteiger partial charge is 0.276 e. The number of hydrogen-bond acceptors (Lipinski definition) is 5. The van der Waals surface area contributed by atoms with Gasteiger partial charge in [0, 0.05) is 6.42 Å². The Morgan fingerprint density at radius 2 is 1.65 bits per heavy atom. The molecule has 0 saturated heterocycles. The standard InChI is InChI=1S/C19H19N3O4/c1-25-16-8-4-2-6-14(16)10-11-18(23)21-22-19(24)13-26-17-9-5-3-7-15(17)12-20/h2-9H,10-11,13H2,1H3,(H,21,23)(H,22,24). The van der Waals surface area contributed by atoms with Crippen molar-refractivity contribution in [3.63, 3.8) is 0 Å². The summed E-state index contributed by atoms with van der Waals surface area (Å²) in [6, 6.07) is 16.0. The Morgan fingerprint density at radius 3 is 2.38 bits per heavy atom. The molecule has 2 amide bonds. The molecule has 0 saturated carbocycles. The van der Waals surface area contributed by atoms with Crippen molar-refractivity contribution in [2.45, 2.75) is 12.8 Å². The maximum Gasteiger partial charge on any atom is 0.276 e. The fourth-order valence-corrected chi connectivity index (χ4v) is 2.22. The monoisotopic (exact) mass is 353 g/mol. The molecule has 2 aromatic carbocycles. The van der Waals surface area contributed by atoms with Gasteiger partial charge in [-0.1, -0.05) is 30.3 Å².